The van der Waals surface area contributed by atoms with Gasteiger partial charge >= 0.3 is 0 Å². The molecule has 2 bridgehead atoms. The number of hydrogen-bond acceptors (Lipinski definition) is 5. The van der Waals surface area contributed by atoms with Crippen molar-refractivity contribution < 1.29 is 19.5 Å². The van der Waals surface area contributed by atoms with Crippen LogP contribution < -0.4 is 5.32 Å². The molecule has 2 fully saturated rings. The van der Waals surface area contributed by atoms with Crippen LogP contribution in [0, 0.1) is 5.41 Å². The SMILES string of the molecule is CC[C@@]1(C(=O)NCc2ccccn2)C[C@@H]2CC[C@H]1N2C(=O)CCc1cccnc1.O=CO. The fourth-order valence-electron chi connectivity index (χ4n) is 5.12. The molecule has 4 heterocycles. The molecule has 0 saturated carbocycles. The number of nitrogens with zero attached hydrogens (tertiary/aromatic N) is 3. The second-order valence-corrected chi connectivity index (χ2v) is 8.23. The first-order valence-corrected chi connectivity index (χ1v) is 11.0. The van der Waals surface area contributed by atoms with Gasteiger partial charge in [-0.05, 0) is 55.9 Å². The first-order valence-electron chi connectivity index (χ1n) is 11.0. The average Bonchev–Trinajstić information content (AvgIpc) is 3.39. The molecule has 8 heteroatoms. The maximum atomic E-state index is 13.2. The van der Waals surface area contributed by atoms with Crippen molar-refractivity contribution >= 4 is 18.3 Å². The van der Waals surface area contributed by atoms with Gasteiger partial charge in [0.2, 0.25) is 11.8 Å². The minimum absolute atomic E-state index is 0.00244. The molecule has 2 amide bonds. The van der Waals surface area contributed by atoms with Gasteiger partial charge in [0.1, 0.15) is 0 Å². The number of aryl methyl sites for hydroxylation is 1. The van der Waals surface area contributed by atoms with Crippen LogP contribution in [0.25, 0.3) is 0 Å². The highest BCUT2D eigenvalue weighted by Gasteiger charge is 2.59. The standard InChI is InChI=1S/C23H28N4O2.CH2O2/c1-2-23(22(29)26-16-18-7-3-4-13-25-18)14-19-9-10-20(23)27(19)21(28)11-8-17-6-5-12-24-15-17;2-1-3/h3-7,12-13,15,19-20H,2,8-11,14,16H2,1H3,(H,26,29);1H,(H,2,3)/t19-,20+,23+;/m0./s1. The van der Waals surface area contributed by atoms with E-state index in [-0.39, 0.29) is 30.4 Å². The molecule has 0 aliphatic carbocycles. The Morgan fingerprint density at radius 2 is 2.06 bits per heavy atom. The van der Waals surface area contributed by atoms with Crippen LogP contribution in [0.4, 0.5) is 0 Å². The van der Waals surface area contributed by atoms with E-state index in [0.29, 0.717) is 19.4 Å². The van der Waals surface area contributed by atoms with Crippen LogP contribution in [-0.4, -0.2) is 50.3 Å². The Bertz CT molecular complexity index is 909. The summed E-state index contributed by atoms with van der Waals surface area (Å²) in [6, 6.07) is 9.78. The van der Waals surface area contributed by atoms with E-state index in [1.165, 1.54) is 0 Å². The van der Waals surface area contributed by atoms with Crippen molar-refractivity contribution in [1.82, 2.24) is 20.2 Å². The molecule has 4 rings (SSSR count). The molecule has 2 aromatic heterocycles. The number of carbonyl (C=O) groups excluding carboxylic acids is 2. The third-order valence-electron chi connectivity index (χ3n) is 6.62. The van der Waals surface area contributed by atoms with Crippen molar-refractivity contribution in [2.75, 3.05) is 0 Å². The average molecular weight is 439 g/mol. The van der Waals surface area contributed by atoms with Crippen LogP contribution in [0.2, 0.25) is 0 Å². The zero-order chi connectivity index (χ0) is 23.0. The summed E-state index contributed by atoms with van der Waals surface area (Å²) in [7, 11) is 0. The van der Waals surface area contributed by atoms with Crippen LogP contribution >= 0.6 is 0 Å². The van der Waals surface area contributed by atoms with Crippen molar-refractivity contribution in [3.63, 3.8) is 0 Å². The Morgan fingerprint density at radius 3 is 2.72 bits per heavy atom. The number of hydrogen-bond donors (Lipinski definition) is 2. The van der Waals surface area contributed by atoms with E-state index in [9.17, 15) is 9.59 Å². The molecule has 2 aliphatic rings. The summed E-state index contributed by atoms with van der Waals surface area (Å²) in [5.74, 6) is 0.220. The van der Waals surface area contributed by atoms with Crippen LogP contribution in [0.3, 0.4) is 0 Å². The van der Waals surface area contributed by atoms with Gasteiger partial charge in [-0.3, -0.25) is 24.4 Å². The first-order chi connectivity index (χ1) is 15.6. The molecule has 0 aromatic carbocycles. The first kappa shape index (κ1) is 23.4. The van der Waals surface area contributed by atoms with Gasteiger partial charge in [0.05, 0.1) is 17.7 Å². The van der Waals surface area contributed by atoms with E-state index in [2.05, 4.69) is 22.2 Å². The molecule has 8 nitrogen and oxygen atoms in total. The number of rotatable bonds is 7. The van der Waals surface area contributed by atoms with E-state index in [0.717, 1.165) is 36.9 Å². The molecule has 2 saturated heterocycles. The zero-order valence-electron chi connectivity index (χ0n) is 18.3. The molecule has 0 radical (unpaired) electrons. The van der Waals surface area contributed by atoms with Gasteiger partial charge in [-0.1, -0.05) is 19.1 Å². The highest BCUT2D eigenvalue weighted by Crippen LogP contribution is 2.52. The maximum Gasteiger partial charge on any atom is 0.290 e. The lowest BCUT2D eigenvalue weighted by molar-refractivity contribution is -0.137. The van der Waals surface area contributed by atoms with Crippen molar-refractivity contribution in [3.05, 3.63) is 60.2 Å². The minimum Gasteiger partial charge on any atom is -0.483 e. The summed E-state index contributed by atoms with van der Waals surface area (Å²) in [5, 5.41) is 9.98. The van der Waals surface area contributed by atoms with E-state index in [1.807, 2.05) is 41.4 Å². The number of amides is 2. The minimum atomic E-state index is -0.484. The number of pyridine rings is 2. The Hall–Kier alpha value is -3.29. The summed E-state index contributed by atoms with van der Waals surface area (Å²) in [6.45, 7) is 2.24. The largest absolute Gasteiger partial charge is 0.483 e. The number of fused-ring (bicyclic) bond motifs is 2. The lowest BCUT2D eigenvalue weighted by Gasteiger charge is -2.35. The fourth-order valence-corrected chi connectivity index (χ4v) is 5.12. The summed E-state index contributed by atoms with van der Waals surface area (Å²) in [5.41, 5.74) is 1.43. The Labute approximate surface area is 188 Å². The molecular formula is C24H30N4O4. The van der Waals surface area contributed by atoms with E-state index < -0.39 is 5.41 Å². The molecular weight excluding hydrogens is 408 g/mol. The predicted molar refractivity (Wildman–Crippen MR) is 118 cm³/mol. The fraction of sp³-hybridized carbons (Fsp3) is 0.458. The van der Waals surface area contributed by atoms with Gasteiger partial charge in [-0.2, -0.15) is 0 Å². The molecule has 2 aliphatic heterocycles. The van der Waals surface area contributed by atoms with Gasteiger partial charge in [0.15, 0.2) is 0 Å². The van der Waals surface area contributed by atoms with Gasteiger partial charge in [-0.15, -0.1) is 0 Å². The highest BCUT2D eigenvalue weighted by atomic mass is 16.3. The predicted octanol–water partition coefficient (Wildman–Crippen LogP) is 2.59. The topological polar surface area (TPSA) is 112 Å². The van der Waals surface area contributed by atoms with Gasteiger partial charge in [0.25, 0.3) is 6.47 Å². The van der Waals surface area contributed by atoms with Crippen molar-refractivity contribution in [2.45, 2.75) is 64.1 Å². The molecule has 2 N–H and O–H groups in total. The van der Waals surface area contributed by atoms with E-state index in [4.69, 9.17) is 9.90 Å². The van der Waals surface area contributed by atoms with Crippen LogP contribution in [0.1, 0.15) is 50.3 Å². The van der Waals surface area contributed by atoms with Crippen molar-refractivity contribution in [3.8, 4) is 0 Å². The van der Waals surface area contributed by atoms with Gasteiger partial charge < -0.3 is 15.3 Å². The highest BCUT2D eigenvalue weighted by molar-refractivity contribution is 5.87. The molecule has 32 heavy (non-hydrogen) atoms. The summed E-state index contributed by atoms with van der Waals surface area (Å²) in [4.78, 5) is 45.1. The molecule has 0 unspecified atom stereocenters. The number of aromatic nitrogens is 2. The molecule has 3 atom stereocenters. The normalized spacial score (nSPS) is 23.2. The van der Waals surface area contributed by atoms with Gasteiger partial charge in [-0.25, -0.2) is 0 Å². The zero-order valence-corrected chi connectivity index (χ0v) is 18.3. The molecule has 2 aromatic rings. The smallest absolute Gasteiger partial charge is 0.290 e. The third-order valence-corrected chi connectivity index (χ3v) is 6.62. The van der Waals surface area contributed by atoms with Crippen molar-refractivity contribution in [2.24, 2.45) is 5.41 Å². The second-order valence-electron chi connectivity index (χ2n) is 8.23. The third kappa shape index (κ3) is 4.95. The van der Waals surface area contributed by atoms with E-state index in [1.54, 1.807) is 12.4 Å². The number of carboxylic acid groups (broad SMARTS) is 1. The Morgan fingerprint density at radius 1 is 1.25 bits per heavy atom. The summed E-state index contributed by atoms with van der Waals surface area (Å²) in [6.07, 6.45) is 9.86. The van der Waals surface area contributed by atoms with Crippen LogP contribution in [-0.2, 0) is 27.3 Å². The van der Waals surface area contributed by atoms with Crippen molar-refractivity contribution in [1.29, 1.82) is 0 Å². The lowest BCUT2D eigenvalue weighted by Crippen LogP contribution is -2.49. The van der Waals surface area contributed by atoms with Crippen LogP contribution in [0.5, 0.6) is 0 Å². The quantitative estimate of drug-likeness (QED) is 0.643. The Balaban J connectivity index is 0.000000913. The van der Waals surface area contributed by atoms with Crippen LogP contribution in [0.15, 0.2) is 48.9 Å². The summed E-state index contributed by atoms with van der Waals surface area (Å²) >= 11 is 0. The second kappa shape index (κ2) is 10.8. The number of nitrogens with one attached hydrogen (secondary N) is 1. The Kier molecular flexibility index (Phi) is 7.92. The monoisotopic (exact) mass is 438 g/mol. The molecule has 170 valence electrons. The number of carbonyl (C=O) groups is 3. The maximum absolute atomic E-state index is 13.2. The van der Waals surface area contributed by atoms with Gasteiger partial charge in [0, 0.05) is 37.1 Å². The molecule has 0 spiro atoms. The van der Waals surface area contributed by atoms with E-state index >= 15 is 0 Å². The lowest BCUT2D eigenvalue weighted by atomic mass is 9.71. The summed E-state index contributed by atoms with van der Waals surface area (Å²) < 4.78 is 0.